The summed E-state index contributed by atoms with van der Waals surface area (Å²) in [6.07, 6.45) is 0.971. The number of amides is 1. The minimum atomic E-state index is -1.04. The fraction of sp³-hybridized carbons (Fsp3) is 0.818. The third kappa shape index (κ3) is 2.70. The number of carbonyl (C=O) groups is 2. The van der Waals surface area contributed by atoms with Gasteiger partial charge in [0, 0.05) is 13.1 Å². The maximum Gasteiger partial charge on any atom is 0.315 e. The van der Waals surface area contributed by atoms with Crippen LogP contribution in [0.4, 0.5) is 0 Å². The molecular formula is C11H19NO3. The first-order chi connectivity index (χ1) is 6.93. The highest BCUT2D eigenvalue weighted by Gasteiger charge is 2.31. The van der Waals surface area contributed by atoms with E-state index in [1.54, 1.807) is 4.90 Å². The topological polar surface area (TPSA) is 57.6 Å². The summed E-state index contributed by atoms with van der Waals surface area (Å²) in [4.78, 5) is 24.1. The molecule has 0 aromatic heterocycles. The fourth-order valence-corrected chi connectivity index (χ4v) is 1.84. The van der Waals surface area contributed by atoms with E-state index in [1.807, 2.05) is 0 Å². The lowest BCUT2D eigenvalue weighted by molar-refractivity contribution is -0.151. The van der Waals surface area contributed by atoms with Crippen LogP contribution in [0.15, 0.2) is 0 Å². The molecule has 3 atom stereocenters. The van der Waals surface area contributed by atoms with Crippen LogP contribution in [0.25, 0.3) is 0 Å². The molecule has 4 nitrogen and oxygen atoms in total. The summed E-state index contributed by atoms with van der Waals surface area (Å²) in [6.45, 7) is 7.12. The van der Waals surface area contributed by atoms with Gasteiger partial charge in [0.25, 0.3) is 0 Å². The van der Waals surface area contributed by atoms with Crippen LogP contribution in [-0.4, -0.2) is 35.0 Å². The van der Waals surface area contributed by atoms with Gasteiger partial charge in [-0.2, -0.15) is 0 Å². The quantitative estimate of drug-likeness (QED) is 0.701. The number of carboxylic acids is 1. The van der Waals surface area contributed by atoms with Crippen LogP contribution < -0.4 is 0 Å². The zero-order chi connectivity index (χ0) is 11.6. The number of piperidine rings is 1. The van der Waals surface area contributed by atoms with Gasteiger partial charge in [0.2, 0.25) is 5.91 Å². The molecule has 0 aliphatic carbocycles. The molecule has 0 aromatic carbocycles. The van der Waals surface area contributed by atoms with Gasteiger partial charge in [0.15, 0.2) is 0 Å². The van der Waals surface area contributed by atoms with E-state index in [2.05, 4.69) is 13.8 Å². The molecule has 1 N–H and O–H groups in total. The highest BCUT2D eigenvalue weighted by molar-refractivity contribution is 5.96. The van der Waals surface area contributed by atoms with E-state index in [-0.39, 0.29) is 5.91 Å². The zero-order valence-electron chi connectivity index (χ0n) is 9.56. The van der Waals surface area contributed by atoms with Crippen molar-refractivity contribution in [2.45, 2.75) is 27.2 Å². The van der Waals surface area contributed by atoms with Crippen LogP contribution >= 0.6 is 0 Å². The van der Waals surface area contributed by atoms with Gasteiger partial charge in [-0.15, -0.1) is 0 Å². The predicted molar refractivity (Wildman–Crippen MR) is 56.3 cm³/mol. The number of nitrogens with zero attached hydrogens (tertiary/aromatic N) is 1. The van der Waals surface area contributed by atoms with Crippen molar-refractivity contribution in [1.29, 1.82) is 0 Å². The molecule has 1 fully saturated rings. The first kappa shape index (κ1) is 12.0. The third-order valence-electron chi connectivity index (χ3n) is 3.39. The zero-order valence-corrected chi connectivity index (χ0v) is 9.56. The molecule has 0 spiro atoms. The summed E-state index contributed by atoms with van der Waals surface area (Å²) >= 11 is 0. The first-order valence-corrected chi connectivity index (χ1v) is 5.45. The van der Waals surface area contributed by atoms with Gasteiger partial charge in [-0.3, -0.25) is 9.59 Å². The van der Waals surface area contributed by atoms with Crippen molar-refractivity contribution >= 4 is 11.9 Å². The summed E-state index contributed by atoms with van der Waals surface area (Å²) in [5.74, 6) is -1.11. The molecule has 4 heteroatoms. The maximum absolute atomic E-state index is 11.7. The average molecular weight is 213 g/mol. The Morgan fingerprint density at radius 3 is 2.40 bits per heavy atom. The van der Waals surface area contributed by atoms with Crippen molar-refractivity contribution in [3.8, 4) is 0 Å². The van der Waals surface area contributed by atoms with E-state index < -0.39 is 11.9 Å². The maximum atomic E-state index is 11.7. The van der Waals surface area contributed by atoms with E-state index in [1.165, 1.54) is 6.92 Å². The van der Waals surface area contributed by atoms with E-state index in [0.717, 1.165) is 6.42 Å². The highest BCUT2D eigenvalue weighted by atomic mass is 16.4. The van der Waals surface area contributed by atoms with E-state index >= 15 is 0 Å². The molecule has 1 saturated heterocycles. The fourth-order valence-electron chi connectivity index (χ4n) is 1.84. The minimum absolute atomic E-state index is 0.249. The Balaban J connectivity index is 2.58. The number of rotatable bonds is 2. The molecule has 0 aromatic rings. The Kier molecular flexibility index (Phi) is 3.72. The normalized spacial score (nSPS) is 28.6. The molecule has 0 radical (unpaired) electrons. The predicted octanol–water partition coefficient (Wildman–Crippen LogP) is 1.21. The Labute approximate surface area is 90.3 Å². The van der Waals surface area contributed by atoms with Gasteiger partial charge in [0.1, 0.15) is 5.92 Å². The van der Waals surface area contributed by atoms with Crippen molar-refractivity contribution in [2.75, 3.05) is 13.1 Å². The molecule has 0 bridgehead atoms. The van der Waals surface area contributed by atoms with E-state index in [9.17, 15) is 9.59 Å². The standard InChI is InChI=1S/C11H19NO3/c1-7-4-5-12(6-8(7)2)10(13)9(3)11(14)15/h7-9H,4-6H2,1-3H3,(H,14,15). The van der Waals surface area contributed by atoms with Crippen LogP contribution in [0.3, 0.4) is 0 Å². The van der Waals surface area contributed by atoms with Crippen molar-refractivity contribution in [2.24, 2.45) is 17.8 Å². The molecule has 86 valence electrons. The lowest BCUT2D eigenvalue weighted by atomic mass is 9.88. The second-order valence-corrected chi connectivity index (χ2v) is 4.59. The number of likely N-dealkylation sites (tertiary alicyclic amines) is 1. The molecule has 1 aliphatic heterocycles. The van der Waals surface area contributed by atoms with Gasteiger partial charge < -0.3 is 10.0 Å². The first-order valence-electron chi connectivity index (χ1n) is 5.45. The average Bonchev–Trinajstić information content (AvgIpc) is 2.19. The van der Waals surface area contributed by atoms with Crippen LogP contribution in [0.1, 0.15) is 27.2 Å². The van der Waals surface area contributed by atoms with Gasteiger partial charge in [0.05, 0.1) is 0 Å². The SMILES string of the molecule is CC(C(=O)O)C(=O)N1CCC(C)C(C)C1. The lowest BCUT2D eigenvalue weighted by Crippen LogP contribution is -2.45. The summed E-state index contributed by atoms with van der Waals surface area (Å²) in [7, 11) is 0. The second kappa shape index (κ2) is 4.64. The highest BCUT2D eigenvalue weighted by Crippen LogP contribution is 2.23. The van der Waals surface area contributed by atoms with Crippen LogP contribution in [0, 0.1) is 17.8 Å². The van der Waals surface area contributed by atoms with Crippen molar-refractivity contribution in [1.82, 2.24) is 4.90 Å². The molecule has 15 heavy (non-hydrogen) atoms. The van der Waals surface area contributed by atoms with Gasteiger partial charge in [-0.1, -0.05) is 13.8 Å². The second-order valence-electron chi connectivity index (χ2n) is 4.59. The largest absolute Gasteiger partial charge is 0.481 e. The monoisotopic (exact) mass is 213 g/mol. The van der Waals surface area contributed by atoms with Crippen LogP contribution in [0.2, 0.25) is 0 Å². The van der Waals surface area contributed by atoms with Crippen LogP contribution in [0.5, 0.6) is 0 Å². The van der Waals surface area contributed by atoms with Gasteiger partial charge in [-0.05, 0) is 25.2 Å². The summed E-state index contributed by atoms with van der Waals surface area (Å²) < 4.78 is 0. The van der Waals surface area contributed by atoms with Crippen molar-refractivity contribution in [3.05, 3.63) is 0 Å². The lowest BCUT2D eigenvalue weighted by Gasteiger charge is -2.36. The molecule has 1 heterocycles. The number of hydrogen-bond donors (Lipinski definition) is 1. The summed E-state index contributed by atoms with van der Waals surface area (Å²) in [6, 6.07) is 0. The molecule has 1 aliphatic rings. The van der Waals surface area contributed by atoms with E-state index in [4.69, 9.17) is 5.11 Å². The number of carbonyl (C=O) groups excluding carboxylic acids is 1. The van der Waals surface area contributed by atoms with Crippen molar-refractivity contribution < 1.29 is 14.7 Å². The Morgan fingerprint density at radius 1 is 1.33 bits per heavy atom. The third-order valence-corrected chi connectivity index (χ3v) is 3.39. The summed E-state index contributed by atoms with van der Waals surface area (Å²) in [5.41, 5.74) is 0. The summed E-state index contributed by atoms with van der Waals surface area (Å²) in [5, 5.41) is 8.75. The number of hydrogen-bond acceptors (Lipinski definition) is 2. The van der Waals surface area contributed by atoms with Crippen molar-refractivity contribution in [3.63, 3.8) is 0 Å². The Bertz CT molecular complexity index is 265. The van der Waals surface area contributed by atoms with Crippen LogP contribution in [-0.2, 0) is 9.59 Å². The van der Waals surface area contributed by atoms with Gasteiger partial charge in [-0.25, -0.2) is 0 Å². The molecule has 3 unspecified atom stereocenters. The molecule has 1 rings (SSSR count). The van der Waals surface area contributed by atoms with E-state index in [0.29, 0.717) is 24.9 Å². The Morgan fingerprint density at radius 2 is 1.93 bits per heavy atom. The van der Waals surface area contributed by atoms with Gasteiger partial charge >= 0.3 is 5.97 Å². The smallest absolute Gasteiger partial charge is 0.315 e. The number of carboxylic acid groups (broad SMARTS) is 1. The molecule has 1 amide bonds. The Hall–Kier alpha value is -1.06. The molecular weight excluding hydrogens is 194 g/mol. The number of aliphatic carboxylic acids is 1. The molecule has 0 saturated carbocycles. The minimum Gasteiger partial charge on any atom is -0.481 e.